The van der Waals surface area contributed by atoms with E-state index in [-0.39, 0.29) is 17.9 Å². The van der Waals surface area contributed by atoms with Crippen LogP contribution in [0.2, 0.25) is 0 Å². The molecule has 0 aliphatic heterocycles. The molecule has 1 amide bonds. The number of amides is 1. The minimum Gasteiger partial charge on any atom is -0.376 e. The molecule has 0 spiro atoms. The summed E-state index contributed by atoms with van der Waals surface area (Å²) in [6, 6.07) is 9.91. The van der Waals surface area contributed by atoms with Crippen molar-refractivity contribution in [2.24, 2.45) is 5.92 Å². The number of hydrogen-bond donors (Lipinski definition) is 0. The summed E-state index contributed by atoms with van der Waals surface area (Å²) in [5.74, 6) is -0.132. The van der Waals surface area contributed by atoms with Crippen molar-refractivity contribution < 1.29 is 9.53 Å². The second-order valence-electron chi connectivity index (χ2n) is 5.48. The van der Waals surface area contributed by atoms with Crippen LogP contribution in [-0.2, 0) is 16.1 Å². The van der Waals surface area contributed by atoms with Crippen molar-refractivity contribution >= 4 is 5.91 Å². The molecule has 1 aromatic carbocycles. The predicted molar refractivity (Wildman–Crippen MR) is 100 cm³/mol. The number of carbonyl (C=O) groups excluding carboxylic acids is 1. The molecule has 0 saturated heterocycles. The van der Waals surface area contributed by atoms with Crippen LogP contribution in [-0.4, -0.2) is 30.0 Å². The Kier molecular flexibility index (Phi) is 9.17. The molecular weight excluding hydrogens is 298 g/mol. The summed E-state index contributed by atoms with van der Waals surface area (Å²) in [6.07, 6.45) is 7.34. The summed E-state index contributed by atoms with van der Waals surface area (Å²) in [5.41, 5.74) is 1.12. The summed E-state index contributed by atoms with van der Waals surface area (Å²) < 4.78 is 5.85. The number of benzene rings is 1. The van der Waals surface area contributed by atoms with Crippen molar-refractivity contribution in [3.63, 3.8) is 0 Å². The van der Waals surface area contributed by atoms with Gasteiger partial charge in [-0.3, -0.25) is 4.79 Å². The van der Waals surface area contributed by atoms with Gasteiger partial charge in [0, 0.05) is 18.5 Å². The van der Waals surface area contributed by atoms with E-state index >= 15 is 0 Å². The van der Waals surface area contributed by atoms with Crippen LogP contribution in [0.4, 0.5) is 0 Å². The third kappa shape index (κ3) is 6.01. The molecule has 0 N–H and O–H groups in total. The number of hydrogen-bond acceptors (Lipinski definition) is 2. The molecule has 3 heteroatoms. The van der Waals surface area contributed by atoms with Crippen LogP contribution in [0.15, 0.2) is 81.0 Å². The lowest BCUT2D eigenvalue weighted by molar-refractivity contribution is -0.128. The molecule has 0 aliphatic carbocycles. The van der Waals surface area contributed by atoms with Gasteiger partial charge >= 0.3 is 0 Å². The third-order valence-corrected chi connectivity index (χ3v) is 3.81. The van der Waals surface area contributed by atoms with Gasteiger partial charge in [-0.05, 0) is 18.1 Å². The fraction of sp³-hybridized carbons (Fsp3) is 0.286. The molecule has 2 atom stereocenters. The van der Waals surface area contributed by atoms with Crippen molar-refractivity contribution in [2.45, 2.75) is 19.1 Å². The van der Waals surface area contributed by atoms with Gasteiger partial charge in [-0.2, -0.15) is 0 Å². The first-order valence-corrected chi connectivity index (χ1v) is 8.07. The SMILES string of the molecule is C=CC[C@@H]([C@H](C=C)COCc1ccccc1)N(CC=C)C(=O)C=C. The van der Waals surface area contributed by atoms with Gasteiger partial charge in [0.15, 0.2) is 0 Å². The molecule has 0 radical (unpaired) electrons. The van der Waals surface area contributed by atoms with E-state index in [9.17, 15) is 4.79 Å². The average Bonchev–Trinajstić information content (AvgIpc) is 2.62. The minimum atomic E-state index is -0.128. The molecule has 128 valence electrons. The molecule has 0 aliphatic rings. The van der Waals surface area contributed by atoms with Gasteiger partial charge in [0.25, 0.3) is 0 Å². The minimum absolute atomic E-state index is 0.00411. The van der Waals surface area contributed by atoms with Crippen molar-refractivity contribution in [3.05, 3.63) is 86.5 Å². The van der Waals surface area contributed by atoms with Crippen LogP contribution >= 0.6 is 0 Å². The molecule has 24 heavy (non-hydrogen) atoms. The van der Waals surface area contributed by atoms with Crippen LogP contribution in [0.3, 0.4) is 0 Å². The summed E-state index contributed by atoms with van der Waals surface area (Å²) in [7, 11) is 0. The van der Waals surface area contributed by atoms with Crippen molar-refractivity contribution in [1.82, 2.24) is 4.90 Å². The number of carbonyl (C=O) groups is 1. The van der Waals surface area contributed by atoms with E-state index in [2.05, 4.69) is 26.3 Å². The van der Waals surface area contributed by atoms with Crippen LogP contribution in [0, 0.1) is 5.92 Å². The lowest BCUT2D eigenvalue weighted by atomic mass is 9.95. The highest BCUT2D eigenvalue weighted by molar-refractivity contribution is 5.87. The average molecular weight is 325 g/mol. The fourth-order valence-corrected chi connectivity index (χ4v) is 2.57. The molecule has 0 saturated carbocycles. The van der Waals surface area contributed by atoms with Gasteiger partial charge < -0.3 is 9.64 Å². The smallest absolute Gasteiger partial charge is 0.246 e. The molecule has 0 unspecified atom stereocenters. The predicted octanol–water partition coefficient (Wildman–Crippen LogP) is 4.15. The lowest BCUT2D eigenvalue weighted by Crippen LogP contribution is -2.44. The normalized spacial score (nSPS) is 12.7. The van der Waals surface area contributed by atoms with E-state index in [0.717, 1.165) is 5.56 Å². The van der Waals surface area contributed by atoms with E-state index in [1.165, 1.54) is 6.08 Å². The maximum atomic E-state index is 12.2. The van der Waals surface area contributed by atoms with Gasteiger partial charge in [0.2, 0.25) is 5.91 Å². The molecule has 0 bridgehead atoms. The van der Waals surface area contributed by atoms with Crippen LogP contribution < -0.4 is 0 Å². The van der Waals surface area contributed by atoms with Crippen LogP contribution in [0.25, 0.3) is 0 Å². The monoisotopic (exact) mass is 325 g/mol. The third-order valence-electron chi connectivity index (χ3n) is 3.81. The molecule has 3 nitrogen and oxygen atoms in total. The van der Waals surface area contributed by atoms with Gasteiger partial charge in [-0.25, -0.2) is 0 Å². The molecule has 0 heterocycles. The van der Waals surface area contributed by atoms with E-state index < -0.39 is 0 Å². The Morgan fingerprint density at radius 1 is 1.12 bits per heavy atom. The Bertz CT molecular complexity index is 550. The highest BCUT2D eigenvalue weighted by atomic mass is 16.5. The van der Waals surface area contributed by atoms with E-state index in [1.807, 2.05) is 42.5 Å². The summed E-state index contributed by atoms with van der Waals surface area (Å²) in [6.45, 7) is 16.5. The lowest BCUT2D eigenvalue weighted by Gasteiger charge is -2.34. The highest BCUT2D eigenvalue weighted by Crippen LogP contribution is 2.19. The van der Waals surface area contributed by atoms with Gasteiger partial charge in [0.1, 0.15) is 0 Å². The number of rotatable bonds is 12. The van der Waals surface area contributed by atoms with E-state index in [4.69, 9.17) is 4.74 Å². The molecule has 1 aromatic rings. The zero-order valence-corrected chi connectivity index (χ0v) is 14.3. The zero-order valence-electron chi connectivity index (χ0n) is 14.3. The Labute approximate surface area is 145 Å². The second kappa shape index (κ2) is 11.2. The first kappa shape index (κ1) is 19.7. The Morgan fingerprint density at radius 2 is 1.83 bits per heavy atom. The van der Waals surface area contributed by atoms with Crippen molar-refractivity contribution in [2.75, 3.05) is 13.2 Å². The summed E-state index contributed by atoms with van der Waals surface area (Å²) >= 11 is 0. The first-order chi connectivity index (χ1) is 11.7. The van der Waals surface area contributed by atoms with Crippen molar-refractivity contribution in [3.8, 4) is 0 Å². The summed E-state index contributed by atoms with van der Waals surface area (Å²) in [5, 5.41) is 0. The zero-order chi connectivity index (χ0) is 17.8. The fourth-order valence-electron chi connectivity index (χ4n) is 2.57. The van der Waals surface area contributed by atoms with E-state index in [1.54, 1.807) is 11.0 Å². The first-order valence-electron chi connectivity index (χ1n) is 8.07. The van der Waals surface area contributed by atoms with Gasteiger partial charge in [-0.15, -0.1) is 19.7 Å². The van der Waals surface area contributed by atoms with Crippen LogP contribution in [0.5, 0.6) is 0 Å². The topological polar surface area (TPSA) is 29.5 Å². The highest BCUT2D eigenvalue weighted by Gasteiger charge is 2.26. The van der Waals surface area contributed by atoms with Crippen molar-refractivity contribution in [1.29, 1.82) is 0 Å². The standard InChI is InChI=1S/C21H27NO2/c1-5-12-20(22(15-6-2)21(23)8-4)19(7-3)17-24-16-18-13-10-9-11-14-18/h5-11,13-14,19-20H,1-4,12,15-17H2/t19-,20+/m1/s1. The molecule has 1 rings (SSSR count). The maximum absolute atomic E-state index is 12.2. The van der Waals surface area contributed by atoms with Gasteiger partial charge in [0.05, 0.1) is 13.2 Å². The summed E-state index contributed by atoms with van der Waals surface area (Å²) in [4.78, 5) is 13.9. The number of nitrogens with zero attached hydrogens (tertiary/aromatic N) is 1. The molecular formula is C21H27NO2. The number of ether oxygens (including phenoxy) is 1. The van der Waals surface area contributed by atoms with Gasteiger partial charge in [-0.1, -0.05) is 55.1 Å². The van der Waals surface area contributed by atoms with Crippen LogP contribution in [0.1, 0.15) is 12.0 Å². The van der Waals surface area contributed by atoms with E-state index in [0.29, 0.717) is 26.2 Å². The Balaban J connectivity index is 2.78. The quantitative estimate of drug-likeness (QED) is 0.427. The second-order valence-corrected chi connectivity index (χ2v) is 5.48. The molecule has 0 fully saturated rings. The maximum Gasteiger partial charge on any atom is 0.246 e. The largest absolute Gasteiger partial charge is 0.376 e. The molecule has 0 aromatic heterocycles. The Morgan fingerprint density at radius 3 is 2.38 bits per heavy atom. The Hall–Kier alpha value is -2.39.